The van der Waals surface area contributed by atoms with E-state index >= 15 is 0 Å². The number of phenolic OH excluding ortho intramolecular Hbond substituents is 1. The van der Waals surface area contributed by atoms with Crippen LogP contribution in [0.15, 0.2) is 47.5 Å². The highest BCUT2D eigenvalue weighted by atomic mass is 32.1. The van der Waals surface area contributed by atoms with Crippen LogP contribution in [0, 0.1) is 0 Å². The first-order chi connectivity index (χ1) is 12.3. The van der Waals surface area contributed by atoms with E-state index in [0.29, 0.717) is 5.56 Å². The third-order valence-corrected chi connectivity index (χ3v) is 4.18. The third-order valence-electron chi connectivity index (χ3n) is 3.36. The number of rotatable bonds is 7. The molecule has 0 unspecified atom stereocenters. The molecule has 2 amide bonds. The standard InChI is InChI=1S/C18H18N2O5S/c1-11(21)19-15(10-14-3-2-8-26-14)17(23)20-16(18(24)25)9-12-4-6-13(22)7-5-12/h2-8,10,16,22H,9H2,1H3,(H,19,21)(H,20,23)(H,24,25)/b15-10-/t16-/m0/s1. The van der Waals surface area contributed by atoms with E-state index in [1.54, 1.807) is 24.3 Å². The molecule has 0 aliphatic heterocycles. The lowest BCUT2D eigenvalue weighted by Crippen LogP contribution is -2.45. The van der Waals surface area contributed by atoms with Crippen molar-refractivity contribution in [3.63, 3.8) is 0 Å². The topological polar surface area (TPSA) is 116 Å². The third kappa shape index (κ3) is 5.75. The summed E-state index contributed by atoms with van der Waals surface area (Å²) in [5.41, 5.74) is 0.607. The van der Waals surface area contributed by atoms with Crippen LogP contribution in [0.1, 0.15) is 17.4 Å². The second-order valence-electron chi connectivity index (χ2n) is 5.49. The molecule has 0 aliphatic carbocycles. The predicted octanol–water partition coefficient (Wildman–Crippen LogP) is 1.74. The average molecular weight is 374 g/mol. The van der Waals surface area contributed by atoms with Gasteiger partial charge in [-0.15, -0.1) is 11.3 Å². The van der Waals surface area contributed by atoms with E-state index in [1.165, 1.54) is 36.5 Å². The maximum Gasteiger partial charge on any atom is 0.326 e. The molecule has 1 heterocycles. The lowest BCUT2D eigenvalue weighted by atomic mass is 10.1. The van der Waals surface area contributed by atoms with Gasteiger partial charge in [-0.2, -0.15) is 0 Å². The maximum atomic E-state index is 12.5. The molecule has 0 saturated heterocycles. The molecule has 4 N–H and O–H groups in total. The zero-order chi connectivity index (χ0) is 19.1. The number of nitrogens with one attached hydrogen (secondary N) is 2. The summed E-state index contributed by atoms with van der Waals surface area (Å²) in [6.45, 7) is 1.26. The number of phenols is 1. The highest BCUT2D eigenvalue weighted by Crippen LogP contribution is 2.14. The van der Waals surface area contributed by atoms with Crippen LogP contribution < -0.4 is 10.6 Å². The van der Waals surface area contributed by atoms with Crippen LogP contribution in [0.5, 0.6) is 5.75 Å². The monoisotopic (exact) mass is 374 g/mol. The van der Waals surface area contributed by atoms with E-state index in [0.717, 1.165) is 4.88 Å². The van der Waals surface area contributed by atoms with Gasteiger partial charge in [-0.25, -0.2) is 4.79 Å². The normalized spacial score (nSPS) is 12.3. The zero-order valence-corrected chi connectivity index (χ0v) is 14.7. The highest BCUT2D eigenvalue weighted by Gasteiger charge is 2.23. The Kier molecular flexibility index (Phi) is 6.51. The summed E-state index contributed by atoms with van der Waals surface area (Å²) in [5, 5.41) is 25.3. The molecule has 2 rings (SSSR count). The fourth-order valence-corrected chi connectivity index (χ4v) is 2.82. The van der Waals surface area contributed by atoms with Crippen LogP contribution >= 0.6 is 11.3 Å². The van der Waals surface area contributed by atoms with Gasteiger partial charge >= 0.3 is 5.97 Å². The molecule has 0 fully saturated rings. The van der Waals surface area contributed by atoms with Crippen LogP contribution in [0.3, 0.4) is 0 Å². The van der Waals surface area contributed by atoms with Crippen molar-refractivity contribution in [3.8, 4) is 5.75 Å². The Morgan fingerprint density at radius 3 is 2.42 bits per heavy atom. The van der Waals surface area contributed by atoms with Gasteiger partial charge in [0.15, 0.2) is 0 Å². The van der Waals surface area contributed by atoms with Crippen LogP contribution in [-0.2, 0) is 20.8 Å². The number of aromatic hydroxyl groups is 1. The molecule has 7 nitrogen and oxygen atoms in total. The van der Waals surface area contributed by atoms with Crippen LogP contribution in [0.25, 0.3) is 6.08 Å². The predicted molar refractivity (Wildman–Crippen MR) is 97.5 cm³/mol. The molecular weight excluding hydrogens is 356 g/mol. The molecule has 1 aromatic heterocycles. The van der Waals surface area contributed by atoms with Gasteiger partial charge in [-0.05, 0) is 35.2 Å². The summed E-state index contributed by atoms with van der Waals surface area (Å²) in [6, 6.07) is 8.41. The Labute approximate surface area is 154 Å². The first kappa shape index (κ1) is 19.2. The molecule has 26 heavy (non-hydrogen) atoms. The fourth-order valence-electron chi connectivity index (χ4n) is 2.17. The van der Waals surface area contributed by atoms with Crippen molar-refractivity contribution >= 4 is 35.2 Å². The largest absolute Gasteiger partial charge is 0.508 e. The molecule has 0 bridgehead atoms. The zero-order valence-electron chi connectivity index (χ0n) is 13.9. The fraction of sp³-hybridized carbons (Fsp3) is 0.167. The van der Waals surface area contributed by atoms with Gasteiger partial charge in [-0.1, -0.05) is 18.2 Å². The van der Waals surface area contributed by atoms with Gasteiger partial charge in [0.05, 0.1) is 0 Å². The molecule has 0 aliphatic rings. The maximum absolute atomic E-state index is 12.5. The van der Waals surface area contributed by atoms with Gasteiger partial charge in [0.25, 0.3) is 5.91 Å². The van der Waals surface area contributed by atoms with Gasteiger partial charge in [0.1, 0.15) is 17.5 Å². The Hall–Kier alpha value is -3.13. The summed E-state index contributed by atoms with van der Waals surface area (Å²) in [4.78, 5) is 36.1. The van der Waals surface area contributed by atoms with Crippen molar-refractivity contribution in [1.82, 2.24) is 10.6 Å². The summed E-state index contributed by atoms with van der Waals surface area (Å²) in [6.07, 6.45) is 1.52. The molecule has 2 aromatic rings. The van der Waals surface area contributed by atoms with Gasteiger partial charge in [0, 0.05) is 18.2 Å². The number of carbonyl (C=O) groups is 3. The van der Waals surface area contributed by atoms with Crippen molar-refractivity contribution in [3.05, 3.63) is 57.9 Å². The molecule has 8 heteroatoms. The Bertz CT molecular complexity index is 813. The second-order valence-corrected chi connectivity index (χ2v) is 6.47. The number of carbonyl (C=O) groups excluding carboxylic acids is 2. The minimum Gasteiger partial charge on any atom is -0.508 e. The van der Waals surface area contributed by atoms with E-state index in [-0.39, 0.29) is 17.9 Å². The number of aliphatic carboxylic acids is 1. The summed E-state index contributed by atoms with van der Waals surface area (Å²) in [5.74, 6) is -2.27. The molecule has 1 atom stereocenters. The second kappa shape index (κ2) is 8.82. The number of hydrogen-bond acceptors (Lipinski definition) is 5. The molecular formula is C18H18N2O5S. The SMILES string of the molecule is CC(=O)N/C(=C\c1cccs1)C(=O)N[C@@H](Cc1ccc(O)cc1)C(=O)O. The summed E-state index contributed by atoms with van der Waals surface area (Å²) in [7, 11) is 0. The average Bonchev–Trinajstić information content (AvgIpc) is 3.08. The van der Waals surface area contributed by atoms with E-state index in [2.05, 4.69) is 10.6 Å². The number of carboxylic acid groups (broad SMARTS) is 1. The smallest absolute Gasteiger partial charge is 0.326 e. The number of benzene rings is 1. The molecule has 136 valence electrons. The molecule has 1 aromatic carbocycles. The van der Waals surface area contributed by atoms with Crippen molar-refractivity contribution in [2.45, 2.75) is 19.4 Å². The molecule has 0 spiro atoms. The Morgan fingerprint density at radius 2 is 1.88 bits per heavy atom. The van der Waals surface area contributed by atoms with Crippen molar-refractivity contribution < 1.29 is 24.6 Å². The van der Waals surface area contributed by atoms with E-state index in [9.17, 15) is 24.6 Å². The van der Waals surface area contributed by atoms with E-state index < -0.39 is 23.8 Å². The number of thiophene rings is 1. The Morgan fingerprint density at radius 1 is 1.19 bits per heavy atom. The Balaban J connectivity index is 2.16. The van der Waals surface area contributed by atoms with Crippen molar-refractivity contribution in [2.75, 3.05) is 0 Å². The minimum absolute atomic E-state index is 0.0306. The lowest BCUT2D eigenvalue weighted by Gasteiger charge is -2.16. The molecule has 0 radical (unpaired) electrons. The molecule has 0 saturated carbocycles. The summed E-state index contributed by atoms with van der Waals surface area (Å²) < 4.78 is 0. The highest BCUT2D eigenvalue weighted by molar-refractivity contribution is 7.10. The quantitative estimate of drug-likeness (QED) is 0.551. The number of amides is 2. The first-order valence-electron chi connectivity index (χ1n) is 7.69. The van der Waals surface area contributed by atoms with Crippen LogP contribution in [0.4, 0.5) is 0 Å². The number of hydrogen-bond donors (Lipinski definition) is 4. The van der Waals surface area contributed by atoms with E-state index in [4.69, 9.17) is 0 Å². The first-order valence-corrected chi connectivity index (χ1v) is 8.57. The van der Waals surface area contributed by atoms with Gasteiger partial charge in [0.2, 0.25) is 5.91 Å². The van der Waals surface area contributed by atoms with Gasteiger partial charge in [-0.3, -0.25) is 9.59 Å². The summed E-state index contributed by atoms with van der Waals surface area (Å²) >= 11 is 1.38. The lowest BCUT2D eigenvalue weighted by molar-refractivity contribution is -0.141. The van der Waals surface area contributed by atoms with E-state index in [1.807, 2.05) is 5.38 Å². The van der Waals surface area contributed by atoms with Crippen LogP contribution in [-0.4, -0.2) is 34.0 Å². The minimum atomic E-state index is -1.20. The van der Waals surface area contributed by atoms with Crippen LogP contribution in [0.2, 0.25) is 0 Å². The van der Waals surface area contributed by atoms with Gasteiger partial charge < -0.3 is 20.8 Å². The van der Waals surface area contributed by atoms with Crippen molar-refractivity contribution in [1.29, 1.82) is 0 Å². The van der Waals surface area contributed by atoms with Crippen molar-refractivity contribution in [2.24, 2.45) is 0 Å². The number of carboxylic acids is 1.